The molecule has 0 saturated carbocycles. The van der Waals surface area contributed by atoms with Crippen molar-refractivity contribution >= 4 is 39.9 Å². The fraction of sp³-hybridized carbons (Fsp3) is 0.211. The normalized spacial score (nSPS) is 14.9. The van der Waals surface area contributed by atoms with Gasteiger partial charge in [0.1, 0.15) is 11.5 Å². The molecule has 9 nitrogen and oxygen atoms in total. The molecule has 0 radical (unpaired) electrons. The van der Waals surface area contributed by atoms with E-state index in [4.69, 9.17) is 13.9 Å². The molecule has 1 aromatic carbocycles. The lowest BCUT2D eigenvalue weighted by molar-refractivity contribution is -0.123. The second-order valence-corrected chi connectivity index (χ2v) is 6.78. The summed E-state index contributed by atoms with van der Waals surface area (Å²) in [5.41, 5.74) is 0.600. The number of amides is 3. The van der Waals surface area contributed by atoms with Gasteiger partial charge in [-0.05, 0) is 30.3 Å². The number of hydrogen-bond donors (Lipinski definition) is 1. The Hall–Kier alpha value is -3.27. The lowest BCUT2D eigenvalue weighted by Gasteiger charge is -2.12. The third kappa shape index (κ3) is 4.11. The van der Waals surface area contributed by atoms with Crippen LogP contribution in [0.5, 0.6) is 11.5 Å². The lowest BCUT2D eigenvalue weighted by atomic mass is 10.1. The fourth-order valence-electron chi connectivity index (χ4n) is 2.77. The summed E-state index contributed by atoms with van der Waals surface area (Å²) in [6.45, 7) is -0.141. The van der Waals surface area contributed by atoms with Gasteiger partial charge in [0.2, 0.25) is 5.76 Å². The molecular formula is C19H17BrN2O7. The molecule has 1 saturated heterocycles. The first-order chi connectivity index (χ1) is 13.9. The van der Waals surface area contributed by atoms with Crippen LogP contribution >= 0.6 is 15.9 Å². The van der Waals surface area contributed by atoms with Crippen LogP contribution < -0.4 is 14.8 Å². The summed E-state index contributed by atoms with van der Waals surface area (Å²) in [4.78, 5) is 37.4. The second-order valence-electron chi connectivity index (χ2n) is 5.87. The Balaban J connectivity index is 1.86. The Morgan fingerprint density at radius 2 is 1.97 bits per heavy atom. The number of methoxy groups -OCH3 is 3. The number of urea groups is 1. The van der Waals surface area contributed by atoms with Crippen molar-refractivity contribution in [1.29, 1.82) is 0 Å². The maximum Gasteiger partial charge on any atom is 0.373 e. The summed E-state index contributed by atoms with van der Waals surface area (Å²) in [5, 5.41) is 2.53. The quantitative estimate of drug-likeness (QED) is 0.397. The Labute approximate surface area is 174 Å². The van der Waals surface area contributed by atoms with Gasteiger partial charge in [-0.3, -0.25) is 9.69 Å². The van der Waals surface area contributed by atoms with Gasteiger partial charge in [-0.1, -0.05) is 15.9 Å². The maximum atomic E-state index is 12.7. The van der Waals surface area contributed by atoms with Gasteiger partial charge in [0, 0.05) is 10.0 Å². The topological polar surface area (TPSA) is 107 Å². The zero-order valence-electron chi connectivity index (χ0n) is 15.8. The van der Waals surface area contributed by atoms with Gasteiger partial charge in [0.05, 0.1) is 27.9 Å². The highest BCUT2D eigenvalue weighted by molar-refractivity contribution is 9.10. The molecule has 1 fully saturated rings. The van der Waals surface area contributed by atoms with Crippen LogP contribution in [0.4, 0.5) is 4.79 Å². The summed E-state index contributed by atoms with van der Waals surface area (Å²) in [7, 11) is 4.20. The number of carbonyl (C=O) groups is 3. The second kappa shape index (κ2) is 8.39. The predicted molar refractivity (Wildman–Crippen MR) is 104 cm³/mol. The van der Waals surface area contributed by atoms with Gasteiger partial charge >= 0.3 is 12.0 Å². The van der Waals surface area contributed by atoms with Crippen molar-refractivity contribution in [3.63, 3.8) is 0 Å². The standard InChI is InChI=1S/C19H17BrN2O7/c1-26-15-8-11(20)6-10(16(15)27-2)7-13-17(23)22(19(25)21-13)9-12-4-5-14(29-12)18(24)28-3/h4-8H,9H2,1-3H3,(H,21,25)/b13-7-. The molecule has 2 aromatic rings. The number of hydrogen-bond acceptors (Lipinski definition) is 7. The molecule has 3 rings (SSSR count). The summed E-state index contributed by atoms with van der Waals surface area (Å²) >= 11 is 3.37. The van der Waals surface area contributed by atoms with E-state index in [0.717, 1.165) is 4.90 Å². The Morgan fingerprint density at radius 1 is 1.21 bits per heavy atom. The number of ether oxygens (including phenoxy) is 3. The fourth-order valence-corrected chi connectivity index (χ4v) is 3.22. The van der Waals surface area contributed by atoms with E-state index in [9.17, 15) is 14.4 Å². The largest absolute Gasteiger partial charge is 0.493 e. The molecule has 2 heterocycles. The average Bonchev–Trinajstić information content (AvgIpc) is 3.27. The molecule has 1 aliphatic rings. The van der Waals surface area contributed by atoms with Crippen molar-refractivity contribution in [3.05, 3.63) is 51.5 Å². The number of nitrogens with one attached hydrogen (secondary N) is 1. The lowest BCUT2D eigenvalue weighted by Crippen LogP contribution is -2.30. The predicted octanol–water partition coefficient (Wildman–Crippen LogP) is 2.94. The molecule has 0 spiro atoms. The number of carbonyl (C=O) groups excluding carboxylic acids is 3. The number of rotatable bonds is 6. The molecule has 0 atom stereocenters. The van der Waals surface area contributed by atoms with Crippen LogP contribution in [0.3, 0.4) is 0 Å². The van der Waals surface area contributed by atoms with E-state index < -0.39 is 17.9 Å². The van der Waals surface area contributed by atoms with E-state index in [-0.39, 0.29) is 23.8 Å². The molecule has 1 aromatic heterocycles. The van der Waals surface area contributed by atoms with Crippen LogP contribution in [0.2, 0.25) is 0 Å². The van der Waals surface area contributed by atoms with Crippen LogP contribution in [0.25, 0.3) is 6.08 Å². The molecule has 1 N–H and O–H groups in total. The van der Waals surface area contributed by atoms with Crippen molar-refractivity contribution in [1.82, 2.24) is 10.2 Å². The third-order valence-corrected chi connectivity index (χ3v) is 4.55. The van der Waals surface area contributed by atoms with Crippen molar-refractivity contribution in [3.8, 4) is 11.5 Å². The van der Waals surface area contributed by atoms with Gasteiger partial charge in [0.25, 0.3) is 5.91 Å². The zero-order valence-corrected chi connectivity index (χ0v) is 17.4. The van der Waals surface area contributed by atoms with Gasteiger partial charge in [-0.15, -0.1) is 0 Å². The molecule has 0 bridgehead atoms. The van der Waals surface area contributed by atoms with Crippen LogP contribution in [-0.2, 0) is 16.1 Å². The van der Waals surface area contributed by atoms with E-state index in [1.165, 1.54) is 39.5 Å². The van der Waals surface area contributed by atoms with E-state index in [1.54, 1.807) is 12.1 Å². The minimum absolute atomic E-state index is 0.0173. The molecule has 0 unspecified atom stereocenters. The SMILES string of the molecule is COC(=O)c1ccc(CN2C(=O)N/C(=C\c3cc(Br)cc(OC)c3OC)C2=O)o1. The smallest absolute Gasteiger partial charge is 0.373 e. The van der Waals surface area contributed by atoms with Crippen LogP contribution in [0.1, 0.15) is 21.9 Å². The first kappa shape index (κ1) is 20.5. The highest BCUT2D eigenvalue weighted by Gasteiger charge is 2.34. The van der Waals surface area contributed by atoms with Gasteiger partial charge in [0.15, 0.2) is 11.5 Å². The van der Waals surface area contributed by atoms with Crippen molar-refractivity contribution in [2.75, 3.05) is 21.3 Å². The van der Waals surface area contributed by atoms with Crippen LogP contribution in [0.15, 0.2) is 38.9 Å². The van der Waals surface area contributed by atoms with Gasteiger partial charge in [-0.2, -0.15) is 0 Å². The zero-order chi connectivity index (χ0) is 21.1. The summed E-state index contributed by atoms with van der Waals surface area (Å²) in [5.74, 6) is -0.0735. The molecule has 0 aliphatic carbocycles. The van der Waals surface area contributed by atoms with Gasteiger partial charge in [-0.25, -0.2) is 9.59 Å². The van der Waals surface area contributed by atoms with Crippen molar-refractivity contribution in [2.24, 2.45) is 0 Å². The van der Waals surface area contributed by atoms with Crippen molar-refractivity contribution in [2.45, 2.75) is 6.54 Å². The molecule has 29 heavy (non-hydrogen) atoms. The molecule has 152 valence electrons. The minimum atomic E-state index is -0.648. The highest BCUT2D eigenvalue weighted by Crippen LogP contribution is 2.36. The summed E-state index contributed by atoms with van der Waals surface area (Å²) in [6, 6.07) is 5.74. The van der Waals surface area contributed by atoms with E-state index in [2.05, 4.69) is 26.0 Å². The number of nitrogens with zero attached hydrogens (tertiary/aromatic N) is 1. The average molecular weight is 465 g/mol. The van der Waals surface area contributed by atoms with E-state index >= 15 is 0 Å². The number of benzene rings is 1. The number of furan rings is 1. The molecule has 3 amide bonds. The number of esters is 1. The first-order valence-electron chi connectivity index (χ1n) is 8.31. The Morgan fingerprint density at radius 3 is 2.62 bits per heavy atom. The summed E-state index contributed by atoms with van der Waals surface area (Å²) in [6.07, 6.45) is 1.49. The maximum absolute atomic E-state index is 12.7. The van der Waals surface area contributed by atoms with Crippen LogP contribution in [-0.4, -0.2) is 44.1 Å². The first-order valence-corrected chi connectivity index (χ1v) is 9.10. The van der Waals surface area contributed by atoms with E-state index in [0.29, 0.717) is 21.5 Å². The highest BCUT2D eigenvalue weighted by atomic mass is 79.9. The van der Waals surface area contributed by atoms with E-state index in [1.807, 2.05) is 0 Å². The number of imide groups is 1. The van der Waals surface area contributed by atoms with Crippen molar-refractivity contribution < 1.29 is 33.0 Å². The molecule has 1 aliphatic heterocycles. The Kier molecular flexibility index (Phi) is 5.92. The third-order valence-electron chi connectivity index (χ3n) is 4.10. The monoisotopic (exact) mass is 464 g/mol. The molecular weight excluding hydrogens is 448 g/mol. The van der Waals surface area contributed by atoms with Crippen LogP contribution in [0, 0.1) is 0 Å². The Bertz CT molecular complexity index is 1010. The van der Waals surface area contributed by atoms with Gasteiger partial charge < -0.3 is 23.9 Å². The summed E-state index contributed by atoms with van der Waals surface area (Å²) < 4.78 is 21.2. The number of halogens is 1. The molecule has 10 heteroatoms. The minimum Gasteiger partial charge on any atom is -0.493 e.